The quantitative estimate of drug-likeness (QED) is 0.198. The number of hydrogen-bond donors (Lipinski definition) is 1. The number of hydrogen-bond acceptors (Lipinski definition) is 2. The molecule has 0 aliphatic carbocycles. The number of ether oxygens (including phenoxy) is 1. The van der Waals surface area contributed by atoms with E-state index in [-0.39, 0.29) is 5.83 Å². The van der Waals surface area contributed by atoms with Crippen LogP contribution in [0.5, 0.6) is 5.75 Å². The first-order valence-corrected chi connectivity index (χ1v) is 13.4. The minimum absolute atomic E-state index is 0.291. The normalized spacial score (nSPS) is 12.0. The van der Waals surface area contributed by atoms with Gasteiger partial charge in [-0.25, -0.2) is 4.39 Å². The predicted octanol–water partition coefficient (Wildman–Crippen LogP) is 7.95. The zero-order valence-corrected chi connectivity index (χ0v) is 22.8. The summed E-state index contributed by atoms with van der Waals surface area (Å²) in [5.74, 6) is -0.110. The van der Waals surface area contributed by atoms with Crippen LogP contribution < -0.4 is 10.5 Å². The number of aromatic nitrogens is 1. The first-order chi connectivity index (χ1) is 19.3. The third-order valence-electron chi connectivity index (χ3n) is 7.15. The predicted molar refractivity (Wildman–Crippen MR) is 160 cm³/mol. The highest BCUT2D eigenvalue weighted by molar-refractivity contribution is 6.00. The molecule has 4 aromatic carbocycles. The molecule has 5 rings (SSSR count). The van der Waals surface area contributed by atoms with Gasteiger partial charge in [-0.05, 0) is 61.2 Å². The lowest BCUT2D eigenvalue weighted by Gasteiger charge is -2.24. The van der Waals surface area contributed by atoms with Crippen molar-refractivity contribution in [3.05, 3.63) is 132 Å². The largest absolute Gasteiger partial charge is 0.489 e. The molecular formula is C35H33FN2O2. The molecule has 1 amide bonds. The molecule has 0 fully saturated rings. The van der Waals surface area contributed by atoms with Crippen LogP contribution in [0, 0.1) is 5.41 Å². The fourth-order valence-electron chi connectivity index (χ4n) is 4.86. The first kappa shape index (κ1) is 26.9. The molecule has 2 N–H and O–H groups in total. The number of amides is 1. The summed E-state index contributed by atoms with van der Waals surface area (Å²) >= 11 is 0. The second-order valence-corrected chi connectivity index (χ2v) is 10.6. The molecule has 0 saturated heterocycles. The maximum Gasteiger partial charge on any atom is 0.224 e. The van der Waals surface area contributed by atoms with E-state index in [1.165, 1.54) is 0 Å². The Balaban J connectivity index is 1.69. The van der Waals surface area contributed by atoms with Crippen LogP contribution in [0.2, 0.25) is 0 Å². The summed E-state index contributed by atoms with van der Waals surface area (Å²) < 4.78 is 24.5. The van der Waals surface area contributed by atoms with E-state index in [1.807, 2.05) is 128 Å². The van der Waals surface area contributed by atoms with Crippen LogP contribution in [0.3, 0.4) is 0 Å². The Hall–Kier alpha value is -4.64. The van der Waals surface area contributed by atoms with Crippen molar-refractivity contribution in [3.8, 4) is 17.0 Å². The Labute approximate surface area is 234 Å². The smallest absolute Gasteiger partial charge is 0.224 e. The summed E-state index contributed by atoms with van der Waals surface area (Å²) in [6.07, 6.45) is 2.07. The maximum absolute atomic E-state index is 16.4. The van der Waals surface area contributed by atoms with Crippen molar-refractivity contribution >= 4 is 22.6 Å². The number of fused-ring (bicyclic) bond motifs is 1. The van der Waals surface area contributed by atoms with E-state index in [1.54, 1.807) is 6.08 Å². The van der Waals surface area contributed by atoms with Crippen molar-refractivity contribution < 1.29 is 13.9 Å². The molecule has 1 heterocycles. The van der Waals surface area contributed by atoms with Crippen LogP contribution in [0.4, 0.5) is 4.39 Å². The molecule has 0 saturated carbocycles. The summed E-state index contributed by atoms with van der Waals surface area (Å²) in [4.78, 5) is 12.4. The molecule has 202 valence electrons. The van der Waals surface area contributed by atoms with Crippen LogP contribution in [-0.2, 0) is 24.4 Å². The van der Waals surface area contributed by atoms with E-state index in [9.17, 15) is 4.79 Å². The zero-order valence-electron chi connectivity index (χ0n) is 22.8. The fourth-order valence-corrected chi connectivity index (χ4v) is 4.86. The van der Waals surface area contributed by atoms with Gasteiger partial charge < -0.3 is 15.0 Å². The molecule has 5 aromatic rings. The van der Waals surface area contributed by atoms with Crippen LogP contribution in [0.1, 0.15) is 30.5 Å². The lowest BCUT2D eigenvalue weighted by Crippen LogP contribution is -2.35. The number of allylic oxidation sites excluding steroid dienone is 1. The Morgan fingerprint density at radius 3 is 2.10 bits per heavy atom. The second-order valence-electron chi connectivity index (χ2n) is 10.6. The standard InChI is InChI=1S/C35H33FN2O2/c1-35(2,34(37)39)24-38-31-21-19-28(40-23-26-14-8-4-9-15-26)22-29(31)32(33(38)27-16-10-5-11-17-27)30(36)20-18-25-12-6-3-7-13-25/h3-17,19-22H,18,23-24H2,1-2H3,(H2,37,39)/b30-20-. The van der Waals surface area contributed by atoms with Crippen molar-refractivity contribution in [3.63, 3.8) is 0 Å². The van der Waals surface area contributed by atoms with Gasteiger partial charge in [-0.3, -0.25) is 4.79 Å². The molecule has 0 unspecified atom stereocenters. The summed E-state index contributed by atoms with van der Waals surface area (Å²) in [7, 11) is 0. The molecule has 40 heavy (non-hydrogen) atoms. The van der Waals surface area contributed by atoms with E-state index in [4.69, 9.17) is 10.5 Å². The lowest BCUT2D eigenvalue weighted by molar-refractivity contribution is -0.126. The first-order valence-electron chi connectivity index (χ1n) is 13.4. The number of nitrogens with zero attached hydrogens (tertiary/aromatic N) is 1. The molecular weight excluding hydrogens is 499 g/mol. The molecule has 0 spiro atoms. The number of carbonyl (C=O) groups excluding carboxylic acids is 1. The highest BCUT2D eigenvalue weighted by Gasteiger charge is 2.30. The Bertz CT molecular complexity index is 1640. The third kappa shape index (κ3) is 5.84. The fraction of sp³-hybridized carbons (Fsp3) is 0.171. The Morgan fingerprint density at radius 2 is 1.48 bits per heavy atom. The van der Waals surface area contributed by atoms with Crippen molar-refractivity contribution in [1.82, 2.24) is 4.57 Å². The number of nitrogens with two attached hydrogens (primary N) is 1. The highest BCUT2D eigenvalue weighted by atomic mass is 19.1. The molecule has 0 aliphatic heterocycles. The minimum Gasteiger partial charge on any atom is -0.489 e. The number of benzene rings is 4. The monoisotopic (exact) mass is 532 g/mol. The van der Waals surface area contributed by atoms with Gasteiger partial charge in [0.25, 0.3) is 0 Å². The van der Waals surface area contributed by atoms with Crippen LogP contribution in [-0.4, -0.2) is 10.5 Å². The maximum atomic E-state index is 16.4. The van der Waals surface area contributed by atoms with Crippen molar-refractivity contribution in [2.24, 2.45) is 11.1 Å². The SMILES string of the molecule is CC(C)(Cn1c(-c2ccccc2)c(/C(F)=C/Cc2ccccc2)c2cc(OCc3ccccc3)ccc21)C(N)=O. The lowest BCUT2D eigenvalue weighted by atomic mass is 9.92. The van der Waals surface area contributed by atoms with E-state index >= 15 is 4.39 Å². The van der Waals surface area contributed by atoms with Gasteiger partial charge in [-0.1, -0.05) is 91.0 Å². The topological polar surface area (TPSA) is 57.2 Å². The number of carbonyl (C=O) groups is 1. The Morgan fingerprint density at radius 1 is 0.875 bits per heavy atom. The number of primary amides is 1. The molecule has 0 radical (unpaired) electrons. The molecule has 0 atom stereocenters. The average molecular weight is 533 g/mol. The highest BCUT2D eigenvalue weighted by Crippen LogP contribution is 2.42. The second kappa shape index (κ2) is 11.6. The van der Waals surface area contributed by atoms with Gasteiger partial charge in [0.05, 0.1) is 11.1 Å². The van der Waals surface area contributed by atoms with E-state index in [2.05, 4.69) is 0 Å². The van der Waals surface area contributed by atoms with Gasteiger partial charge in [0.1, 0.15) is 18.2 Å². The minimum atomic E-state index is -0.862. The zero-order chi connectivity index (χ0) is 28.1. The number of halogens is 1. The average Bonchev–Trinajstić information content (AvgIpc) is 3.29. The molecule has 4 nitrogen and oxygen atoms in total. The van der Waals surface area contributed by atoms with E-state index < -0.39 is 11.3 Å². The molecule has 0 aliphatic rings. The van der Waals surface area contributed by atoms with Gasteiger partial charge >= 0.3 is 0 Å². The molecule has 5 heteroatoms. The summed E-state index contributed by atoms with van der Waals surface area (Å²) in [5.41, 5.74) is 9.82. The molecule has 0 bridgehead atoms. The van der Waals surface area contributed by atoms with Crippen molar-refractivity contribution in [2.75, 3.05) is 0 Å². The van der Waals surface area contributed by atoms with Crippen LogP contribution in [0.15, 0.2) is 115 Å². The van der Waals surface area contributed by atoms with E-state index in [0.717, 1.165) is 22.2 Å². The van der Waals surface area contributed by atoms with Gasteiger partial charge in [-0.15, -0.1) is 0 Å². The van der Waals surface area contributed by atoms with Crippen molar-refractivity contribution in [2.45, 2.75) is 33.4 Å². The number of rotatable bonds is 10. The third-order valence-corrected chi connectivity index (χ3v) is 7.15. The van der Waals surface area contributed by atoms with Crippen molar-refractivity contribution in [1.29, 1.82) is 0 Å². The van der Waals surface area contributed by atoms with Gasteiger partial charge in [0.2, 0.25) is 5.91 Å². The van der Waals surface area contributed by atoms with E-state index in [0.29, 0.717) is 42.0 Å². The van der Waals surface area contributed by atoms with Crippen LogP contribution >= 0.6 is 0 Å². The summed E-state index contributed by atoms with van der Waals surface area (Å²) in [5, 5.41) is 0.714. The van der Waals surface area contributed by atoms with Gasteiger partial charge in [0, 0.05) is 23.0 Å². The summed E-state index contributed by atoms with van der Waals surface area (Å²) in [6.45, 7) is 4.32. The van der Waals surface area contributed by atoms with Gasteiger partial charge in [-0.2, -0.15) is 0 Å². The van der Waals surface area contributed by atoms with Crippen LogP contribution in [0.25, 0.3) is 28.0 Å². The Kier molecular flexibility index (Phi) is 7.83. The van der Waals surface area contributed by atoms with Gasteiger partial charge in [0.15, 0.2) is 0 Å². The summed E-state index contributed by atoms with van der Waals surface area (Å²) in [6, 6.07) is 35.2. The molecule has 1 aromatic heterocycles.